The second-order valence-corrected chi connectivity index (χ2v) is 7.88. The number of imidazole rings is 1. The zero-order chi connectivity index (χ0) is 18.7. The zero-order valence-corrected chi connectivity index (χ0v) is 15.2. The Hall–Kier alpha value is -2.94. The first-order valence-electron chi connectivity index (χ1n) is 7.99. The van der Waals surface area contributed by atoms with E-state index in [1.54, 1.807) is 22.8 Å². The van der Waals surface area contributed by atoms with Crippen LogP contribution in [0, 0.1) is 5.92 Å². The molecule has 2 aromatic heterocycles. The number of aromatic hydroxyl groups is 1. The standard InChI is InChI=1S/C17H19N5O3S/c1-12(2)9-22-10-16(20-11-22)26(24,25)21-14-7-18-17(19-8-14)13-4-3-5-15(23)6-13/h3-8,10-12,21,23H,9H2,1-2H3. The third kappa shape index (κ3) is 4.17. The van der Waals surface area contributed by atoms with Crippen molar-refractivity contribution < 1.29 is 13.5 Å². The van der Waals surface area contributed by atoms with Gasteiger partial charge in [0, 0.05) is 18.3 Å². The van der Waals surface area contributed by atoms with Gasteiger partial charge in [-0.05, 0) is 18.1 Å². The first-order valence-corrected chi connectivity index (χ1v) is 9.48. The lowest BCUT2D eigenvalue weighted by atomic mass is 10.2. The Bertz CT molecular complexity index is 997. The summed E-state index contributed by atoms with van der Waals surface area (Å²) >= 11 is 0. The van der Waals surface area contributed by atoms with Gasteiger partial charge in [-0.15, -0.1) is 0 Å². The SMILES string of the molecule is CC(C)Cn1cnc(S(=O)(=O)Nc2cnc(-c3cccc(O)c3)nc2)c1. The number of rotatable bonds is 6. The van der Waals surface area contributed by atoms with Crippen molar-refractivity contribution >= 4 is 15.7 Å². The Morgan fingerprint density at radius 3 is 2.58 bits per heavy atom. The van der Waals surface area contributed by atoms with Crippen molar-refractivity contribution in [2.24, 2.45) is 5.92 Å². The molecule has 0 saturated carbocycles. The van der Waals surface area contributed by atoms with Crippen molar-refractivity contribution in [1.82, 2.24) is 19.5 Å². The highest BCUT2D eigenvalue weighted by Crippen LogP contribution is 2.21. The second kappa shape index (κ2) is 7.12. The van der Waals surface area contributed by atoms with Crippen LogP contribution in [0.4, 0.5) is 5.69 Å². The van der Waals surface area contributed by atoms with E-state index in [9.17, 15) is 13.5 Å². The molecule has 0 unspecified atom stereocenters. The summed E-state index contributed by atoms with van der Waals surface area (Å²) in [4.78, 5) is 12.2. The fourth-order valence-electron chi connectivity index (χ4n) is 2.38. The van der Waals surface area contributed by atoms with E-state index in [4.69, 9.17) is 0 Å². The van der Waals surface area contributed by atoms with Crippen LogP contribution in [0.1, 0.15) is 13.8 Å². The van der Waals surface area contributed by atoms with Crippen LogP contribution in [0.2, 0.25) is 0 Å². The van der Waals surface area contributed by atoms with Gasteiger partial charge >= 0.3 is 0 Å². The molecule has 0 fully saturated rings. The van der Waals surface area contributed by atoms with E-state index in [2.05, 4.69) is 19.7 Å². The van der Waals surface area contributed by atoms with Gasteiger partial charge in [0.25, 0.3) is 10.0 Å². The van der Waals surface area contributed by atoms with Crippen LogP contribution in [-0.4, -0.2) is 33.0 Å². The minimum absolute atomic E-state index is 0.0600. The van der Waals surface area contributed by atoms with Crippen LogP contribution in [0.5, 0.6) is 5.75 Å². The molecule has 0 aliphatic heterocycles. The number of hydrogen-bond acceptors (Lipinski definition) is 6. The first kappa shape index (κ1) is 17.9. The molecule has 0 atom stereocenters. The lowest BCUT2D eigenvalue weighted by Crippen LogP contribution is -2.14. The Morgan fingerprint density at radius 2 is 1.92 bits per heavy atom. The maximum atomic E-state index is 12.4. The number of nitrogens with one attached hydrogen (secondary N) is 1. The van der Waals surface area contributed by atoms with Gasteiger partial charge in [-0.2, -0.15) is 8.42 Å². The molecule has 0 saturated heterocycles. The van der Waals surface area contributed by atoms with E-state index in [0.717, 1.165) is 0 Å². The van der Waals surface area contributed by atoms with Gasteiger partial charge in [0.15, 0.2) is 10.9 Å². The summed E-state index contributed by atoms with van der Waals surface area (Å²) in [5.74, 6) is 0.865. The van der Waals surface area contributed by atoms with Crippen molar-refractivity contribution in [3.63, 3.8) is 0 Å². The van der Waals surface area contributed by atoms with E-state index < -0.39 is 10.0 Å². The molecule has 0 spiro atoms. The molecule has 26 heavy (non-hydrogen) atoms. The lowest BCUT2D eigenvalue weighted by molar-refractivity contribution is 0.475. The highest BCUT2D eigenvalue weighted by Gasteiger charge is 2.18. The number of anilines is 1. The molecule has 8 nitrogen and oxygen atoms in total. The van der Waals surface area contributed by atoms with Gasteiger partial charge in [0.1, 0.15) is 5.75 Å². The second-order valence-electron chi connectivity index (χ2n) is 6.25. The summed E-state index contributed by atoms with van der Waals surface area (Å²) in [6, 6.07) is 6.50. The van der Waals surface area contributed by atoms with Crippen LogP contribution in [0.15, 0.2) is 54.2 Å². The van der Waals surface area contributed by atoms with E-state index in [1.807, 2.05) is 13.8 Å². The van der Waals surface area contributed by atoms with Gasteiger partial charge in [-0.25, -0.2) is 15.0 Å². The van der Waals surface area contributed by atoms with E-state index in [1.165, 1.54) is 31.0 Å². The van der Waals surface area contributed by atoms with Gasteiger partial charge in [-0.1, -0.05) is 26.0 Å². The van der Waals surface area contributed by atoms with Crippen LogP contribution in [0.3, 0.4) is 0 Å². The average Bonchev–Trinajstić information content (AvgIpc) is 3.04. The van der Waals surface area contributed by atoms with Crippen molar-refractivity contribution in [3.05, 3.63) is 49.2 Å². The summed E-state index contributed by atoms with van der Waals surface area (Å²) in [7, 11) is -3.81. The highest BCUT2D eigenvalue weighted by molar-refractivity contribution is 7.92. The van der Waals surface area contributed by atoms with Crippen LogP contribution in [0.25, 0.3) is 11.4 Å². The van der Waals surface area contributed by atoms with Gasteiger partial charge in [-0.3, -0.25) is 4.72 Å². The van der Waals surface area contributed by atoms with Gasteiger partial charge < -0.3 is 9.67 Å². The molecule has 1 aromatic carbocycles. The minimum atomic E-state index is -3.81. The topological polar surface area (TPSA) is 110 Å². The van der Waals surface area contributed by atoms with Gasteiger partial charge in [0.05, 0.1) is 24.4 Å². The maximum Gasteiger partial charge on any atom is 0.281 e. The summed E-state index contributed by atoms with van der Waals surface area (Å²) in [5, 5.41) is 9.45. The Labute approximate surface area is 151 Å². The molecule has 2 N–H and O–H groups in total. The first-order chi connectivity index (χ1) is 12.3. The third-order valence-corrected chi connectivity index (χ3v) is 4.74. The molecule has 0 aliphatic carbocycles. The van der Waals surface area contributed by atoms with Crippen LogP contribution < -0.4 is 4.72 Å². The van der Waals surface area contributed by atoms with Crippen LogP contribution >= 0.6 is 0 Å². The molecule has 0 radical (unpaired) electrons. The molecule has 3 rings (SSSR count). The fraction of sp³-hybridized carbons (Fsp3) is 0.235. The number of hydrogen-bond donors (Lipinski definition) is 2. The molecule has 0 bridgehead atoms. The summed E-state index contributed by atoms with van der Waals surface area (Å²) in [6.07, 6.45) is 5.73. The quantitative estimate of drug-likeness (QED) is 0.687. The van der Waals surface area contributed by atoms with Crippen molar-refractivity contribution in [2.45, 2.75) is 25.4 Å². The molecule has 136 valence electrons. The molecule has 9 heteroatoms. The average molecular weight is 373 g/mol. The lowest BCUT2D eigenvalue weighted by Gasteiger charge is -2.07. The van der Waals surface area contributed by atoms with Crippen LogP contribution in [-0.2, 0) is 16.6 Å². The molecule has 0 amide bonds. The summed E-state index contributed by atoms with van der Waals surface area (Å²) in [5.41, 5.74) is 0.860. The normalized spacial score (nSPS) is 11.7. The summed E-state index contributed by atoms with van der Waals surface area (Å²) < 4.78 is 29.0. The van der Waals surface area contributed by atoms with E-state index in [0.29, 0.717) is 23.9 Å². The molecular weight excluding hydrogens is 354 g/mol. The molecule has 2 heterocycles. The van der Waals surface area contributed by atoms with Crippen molar-refractivity contribution in [3.8, 4) is 17.1 Å². The van der Waals surface area contributed by atoms with Crippen molar-refractivity contribution in [1.29, 1.82) is 0 Å². The monoisotopic (exact) mass is 373 g/mol. The predicted molar refractivity (Wildman–Crippen MR) is 97.0 cm³/mol. The largest absolute Gasteiger partial charge is 0.508 e. The number of sulfonamides is 1. The van der Waals surface area contributed by atoms with Crippen molar-refractivity contribution in [2.75, 3.05) is 4.72 Å². The molecular formula is C17H19N5O3S. The Balaban J connectivity index is 1.76. The smallest absolute Gasteiger partial charge is 0.281 e. The predicted octanol–water partition coefficient (Wildman–Crippen LogP) is 2.50. The number of phenolic OH excluding ortho intramolecular Hbond substituents is 1. The van der Waals surface area contributed by atoms with Gasteiger partial charge in [0.2, 0.25) is 0 Å². The van der Waals surface area contributed by atoms with E-state index >= 15 is 0 Å². The Morgan fingerprint density at radius 1 is 1.19 bits per heavy atom. The highest BCUT2D eigenvalue weighted by atomic mass is 32.2. The van der Waals surface area contributed by atoms with E-state index in [-0.39, 0.29) is 16.5 Å². The number of aromatic nitrogens is 4. The number of nitrogens with zero attached hydrogens (tertiary/aromatic N) is 4. The minimum Gasteiger partial charge on any atom is -0.508 e. The fourth-order valence-corrected chi connectivity index (χ4v) is 3.36. The molecule has 0 aliphatic rings. The third-order valence-electron chi connectivity index (χ3n) is 3.47. The molecule has 3 aromatic rings. The maximum absolute atomic E-state index is 12.4. The zero-order valence-electron chi connectivity index (χ0n) is 14.4. The number of phenols is 1. The Kier molecular flexibility index (Phi) is 4.90. The number of benzene rings is 1. The summed E-state index contributed by atoms with van der Waals surface area (Å²) in [6.45, 7) is 4.76.